The van der Waals surface area contributed by atoms with E-state index in [0.29, 0.717) is 6.07 Å². The topological polar surface area (TPSA) is 111 Å². The minimum atomic E-state index is -0.907. The molecule has 0 aliphatic carbocycles. The van der Waals surface area contributed by atoms with Crippen LogP contribution in [0.4, 0.5) is 15.8 Å². The van der Waals surface area contributed by atoms with Crippen LogP contribution in [0, 0.1) is 15.9 Å². The van der Waals surface area contributed by atoms with Gasteiger partial charge in [0.05, 0.1) is 23.3 Å². The number of ether oxygens (including phenoxy) is 1. The molecule has 1 amide bonds. The van der Waals surface area contributed by atoms with E-state index in [4.69, 9.17) is 10.6 Å². The van der Waals surface area contributed by atoms with Crippen molar-refractivity contribution in [3.8, 4) is 0 Å². The summed E-state index contributed by atoms with van der Waals surface area (Å²) in [6.07, 6.45) is 0. The number of carbonyl (C=O) groups excluding carboxylic acids is 1. The number of carbonyl (C=O) groups is 1. The Morgan fingerprint density at radius 2 is 2.25 bits per heavy atom. The van der Waals surface area contributed by atoms with Crippen LogP contribution in [0.15, 0.2) is 12.1 Å². The van der Waals surface area contributed by atoms with Crippen molar-refractivity contribution in [1.82, 2.24) is 4.90 Å². The van der Waals surface area contributed by atoms with Crippen LogP contribution in [-0.4, -0.2) is 43.0 Å². The molecule has 1 aromatic rings. The smallest absolute Gasteiger partial charge is 0.285 e. The molecule has 0 bridgehead atoms. The van der Waals surface area contributed by atoms with Gasteiger partial charge < -0.3 is 15.1 Å². The number of nitrogens with two attached hydrogens (primary N) is 1. The van der Waals surface area contributed by atoms with Gasteiger partial charge in [0.1, 0.15) is 5.56 Å². The first-order valence-electron chi connectivity index (χ1n) is 5.61. The van der Waals surface area contributed by atoms with Crippen LogP contribution in [0.5, 0.6) is 0 Å². The number of nitrogens with zero attached hydrogens (tertiary/aromatic N) is 2. The number of likely N-dealkylation sites (N-methyl/N-ethyl adjacent to an activating group) is 1. The normalized spacial score (nSPS) is 10.2. The Morgan fingerprint density at radius 1 is 1.60 bits per heavy atom. The van der Waals surface area contributed by atoms with Gasteiger partial charge in [0.15, 0.2) is 5.82 Å². The monoisotopic (exact) mass is 286 g/mol. The predicted molar refractivity (Wildman–Crippen MR) is 69.7 cm³/mol. The molecule has 1 rings (SSSR count). The molecular formula is C11H15FN4O4. The van der Waals surface area contributed by atoms with Gasteiger partial charge in [-0.25, -0.2) is 4.39 Å². The summed E-state index contributed by atoms with van der Waals surface area (Å²) < 4.78 is 18.3. The summed E-state index contributed by atoms with van der Waals surface area (Å²) in [6.45, 7) is 0.522. The van der Waals surface area contributed by atoms with Crippen LogP contribution in [-0.2, 0) is 4.74 Å². The van der Waals surface area contributed by atoms with Crippen molar-refractivity contribution in [3.05, 3.63) is 33.6 Å². The number of nitro benzene ring substituents is 1. The molecule has 0 unspecified atom stereocenters. The molecular weight excluding hydrogens is 271 g/mol. The molecule has 0 aliphatic rings. The fourth-order valence-electron chi connectivity index (χ4n) is 1.53. The number of methoxy groups -OCH3 is 1. The van der Waals surface area contributed by atoms with Crippen LogP contribution in [0.3, 0.4) is 0 Å². The van der Waals surface area contributed by atoms with E-state index in [0.717, 1.165) is 6.07 Å². The maximum Gasteiger partial charge on any atom is 0.285 e. The second kappa shape index (κ2) is 6.78. The molecule has 0 radical (unpaired) electrons. The third-order valence-corrected chi connectivity index (χ3v) is 2.65. The van der Waals surface area contributed by atoms with Gasteiger partial charge in [-0.1, -0.05) is 0 Å². The first-order valence-corrected chi connectivity index (χ1v) is 5.61. The second-order valence-electron chi connectivity index (χ2n) is 3.97. The SMILES string of the molecule is COCCN(C)C(=O)c1cc(NN)c(F)cc1[N+](=O)[O-]. The first-order chi connectivity index (χ1) is 9.42. The number of rotatable bonds is 6. The zero-order valence-electron chi connectivity index (χ0n) is 11.1. The number of nitrogens with one attached hydrogen (secondary N) is 1. The zero-order chi connectivity index (χ0) is 15.3. The molecule has 0 fully saturated rings. The number of amides is 1. The van der Waals surface area contributed by atoms with Crippen LogP contribution >= 0.6 is 0 Å². The number of hydrogen-bond acceptors (Lipinski definition) is 6. The molecule has 0 spiro atoms. The van der Waals surface area contributed by atoms with Crippen LogP contribution < -0.4 is 11.3 Å². The van der Waals surface area contributed by atoms with Crippen molar-refractivity contribution in [2.24, 2.45) is 5.84 Å². The van der Waals surface area contributed by atoms with Crippen LogP contribution in [0.1, 0.15) is 10.4 Å². The van der Waals surface area contributed by atoms with Gasteiger partial charge in [-0.05, 0) is 6.07 Å². The van der Waals surface area contributed by atoms with Crippen molar-refractivity contribution in [3.63, 3.8) is 0 Å². The average molecular weight is 286 g/mol. The molecule has 1 aromatic carbocycles. The highest BCUT2D eigenvalue weighted by atomic mass is 19.1. The summed E-state index contributed by atoms with van der Waals surface area (Å²) in [5.41, 5.74) is 0.988. The third-order valence-electron chi connectivity index (χ3n) is 2.65. The second-order valence-corrected chi connectivity index (χ2v) is 3.97. The van der Waals surface area contributed by atoms with Crippen molar-refractivity contribution in [2.75, 3.05) is 32.7 Å². The van der Waals surface area contributed by atoms with E-state index in [9.17, 15) is 19.3 Å². The molecule has 20 heavy (non-hydrogen) atoms. The fraction of sp³-hybridized carbons (Fsp3) is 0.364. The summed E-state index contributed by atoms with van der Waals surface area (Å²) in [6, 6.07) is 1.67. The zero-order valence-corrected chi connectivity index (χ0v) is 11.1. The first kappa shape index (κ1) is 15.8. The molecule has 9 heteroatoms. The number of halogens is 1. The lowest BCUT2D eigenvalue weighted by Crippen LogP contribution is -2.30. The van der Waals surface area contributed by atoms with Gasteiger partial charge in [0.25, 0.3) is 11.6 Å². The lowest BCUT2D eigenvalue weighted by atomic mass is 10.1. The highest BCUT2D eigenvalue weighted by Gasteiger charge is 2.25. The van der Waals surface area contributed by atoms with E-state index < -0.39 is 22.3 Å². The summed E-state index contributed by atoms with van der Waals surface area (Å²) in [7, 11) is 2.93. The third kappa shape index (κ3) is 3.39. The van der Waals surface area contributed by atoms with Crippen molar-refractivity contribution in [1.29, 1.82) is 0 Å². The fourth-order valence-corrected chi connectivity index (χ4v) is 1.53. The minimum absolute atomic E-state index is 0.195. The molecule has 0 aliphatic heterocycles. The van der Waals surface area contributed by atoms with Crippen LogP contribution in [0.2, 0.25) is 0 Å². The number of anilines is 1. The summed E-state index contributed by atoms with van der Waals surface area (Å²) in [4.78, 5) is 23.5. The van der Waals surface area contributed by atoms with Crippen molar-refractivity contribution < 1.29 is 18.8 Å². The molecule has 110 valence electrons. The maximum atomic E-state index is 13.5. The van der Waals surface area contributed by atoms with Gasteiger partial charge in [-0.15, -0.1) is 0 Å². The van der Waals surface area contributed by atoms with E-state index in [-0.39, 0.29) is 24.4 Å². The Morgan fingerprint density at radius 3 is 2.75 bits per heavy atom. The number of nitrogen functional groups attached to an aromatic ring is 1. The lowest BCUT2D eigenvalue weighted by Gasteiger charge is -2.17. The maximum absolute atomic E-state index is 13.5. The minimum Gasteiger partial charge on any atom is -0.383 e. The van der Waals surface area contributed by atoms with Gasteiger partial charge >= 0.3 is 0 Å². The Balaban J connectivity index is 3.20. The van der Waals surface area contributed by atoms with E-state index in [1.54, 1.807) is 0 Å². The molecule has 0 heterocycles. The highest BCUT2D eigenvalue weighted by molar-refractivity contribution is 5.99. The van der Waals surface area contributed by atoms with E-state index in [1.165, 1.54) is 19.1 Å². The Bertz CT molecular complexity index is 523. The molecule has 0 aromatic heterocycles. The standard InChI is InChI=1S/C11H15FN4O4/c1-15(3-4-20-2)11(17)7-5-9(14-13)8(12)6-10(7)16(18)19/h5-6,14H,3-4,13H2,1-2H3. The van der Waals surface area contributed by atoms with Gasteiger partial charge in [-0.2, -0.15) is 0 Å². The number of nitro groups is 1. The van der Waals surface area contributed by atoms with E-state index >= 15 is 0 Å². The predicted octanol–water partition coefficient (Wildman–Crippen LogP) is 0.738. The van der Waals surface area contributed by atoms with Gasteiger partial charge in [0.2, 0.25) is 0 Å². The number of hydrogen-bond donors (Lipinski definition) is 2. The van der Waals surface area contributed by atoms with E-state index in [1.807, 2.05) is 5.43 Å². The van der Waals surface area contributed by atoms with Crippen LogP contribution in [0.25, 0.3) is 0 Å². The molecule has 0 atom stereocenters. The Labute approximate surface area is 114 Å². The number of hydrazine groups is 1. The quantitative estimate of drug-likeness (QED) is 0.453. The van der Waals surface area contributed by atoms with E-state index in [2.05, 4.69) is 0 Å². The molecule has 8 nitrogen and oxygen atoms in total. The Kier molecular flexibility index (Phi) is 5.35. The lowest BCUT2D eigenvalue weighted by molar-refractivity contribution is -0.385. The largest absolute Gasteiger partial charge is 0.383 e. The number of benzene rings is 1. The average Bonchev–Trinajstić information content (AvgIpc) is 2.43. The summed E-state index contributed by atoms with van der Waals surface area (Å²) in [5.74, 6) is 3.57. The summed E-state index contributed by atoms with van der Waals surface area (Å²) >= 11 is 0. The molecule has 0 saturated carbocycles. The Hall–Kier alpha value is -2.26. The molecule has 3 N–H and O–H groups in total. The van der Waals surface area contributed by atoms with Crippen molar-refractivity contribution in [2.45, 2.75) is 0 Å². The van der Waals surface area contributed by atoms with Gasteiger partial charge in [-0.3, -0.25) is 20.8 Å². The summed E-state index contributed by atoms with van der Waals surface area (Å²) in [5, 5.41) is 10.9. The highest BCUT2D eigenvalue weighted by Crippen LogP contribution is 2.26. The molecule has 0 saturated heterocycles. The van der Waals surface area contributed by atoms with Gasteiger partial charge in [0, 0.05) is 20.7 Å². The van der Waals surface area contributed by atoms with Crippen molar-refractivity contribution >= 4 is 17.3 Å².